The fraction of sp³-hybridized carbons (Fsp3) is 0.211. The maximum atomic E-state index is 12.5. The molecule has 0 N–H and O–H groups in total. The van der Waals surface area contributed by atoms with Crippen molar-refractivity contribution in [2.75, 3.05) is 0 Å². The van der Waals surface area contributed by atoms with Crippen LogP contribution in [0, 0.1) is 0 Å². The highest BCUT2D eigenvalue weighted by Crippen LogP contribution is 2.37. The predicted molar refractivity (Wildman–Crippen MR) is 104 cm³/mol. The topological polar surface area (TPSA) is 72.9 Å². The molecule has 2 aromatic rings. The van der Waals surface area contributed by atoms with E-state index in [9.17, 15) is 14.4 Å². The average molecular weight is 443 g/mol. The monoisotopic (exact) mass is 441 g/mol. The Balaban J connectivity index is 1.70. The summed E-state index contributed by atoms with van der Waals surface area (Å²) in [6, 6.07) is 10.7. The van der Waals surface area contributed by atoms with Gasteiger partial charge in [-0.1, -0.05) is 65.1 Å². The minimum atomic E-state index is -1.11. The van der Waals surface area contributed by atoms with Crippen molar-refractivity contribution >= 4 is 52.8 Å². The number of carbonyl (C=O) groups excluding carboxylic acids is 3. The van der Waals surface area contributed by atoms with Gasteiger partial charge in [0.05, 0.1) is 10.0 Å². The van der Waals surface area contributed by atoms with Crippen molar-refractivity contribution in [2.45, 2.75) is 25.5 Å². The smallest absolute Gasteiger partial charge is 0.417 e. The number of hydrogen-bond acceptors (Lipinski definition) is 5. The van der Waals surface area contributed by atoms with Crippen molar-refractivity contribution in [3.8, 4) is 5.75 Å². The van der Waals surface area contributed by atoms with Gasteiger partial charge < -0.3 is 9.47 Å². The third-order valence-electron chi connectivity index (χ3n) is 4.10. The number of hydrogen-bond donors (Lipinski definition) is 0. The average Bonchev–Trinajstić information content (AvgIpc) is 3.09. The summed E-state index contributed by atoms with van der Waals surface area (Å²) >= 11 is 17.8. The van der Waals surface area contributed by atoms with E-state index in [-0.39, 0.29) is 40.3 Å². The fourth-order valence-corrected chi connectivity index (χ4v) is 3.25. The number of likely N-dealkylation sites (tertiary alicyclic amines) is 1. The van der Waals surface area contributed by atoms with E-state index in [0.717, 1.165) is 10.5 Å². The highest BCUT2D eigenvalue weighted by Gasteiger charge is 2.42. The van der Waals surface area contributed by atoms with Crippen LogP contribution in [-0.4, -0.2) is 28.9 Å². The van der Waals surface area contributed by atoms with Gasteiger partial charge in [0.25, 0.3) is 0 Å². The van der Waals surface area contributed by atoms with Crippen molar-refractivity contribution in [3.05, 3.63) is 63.1 Å². The van der Waals surface area contributed by atoms with E-state index < -0.39 is 24.0 Å². The molecule has 3 rings (SSSR count). The molecular weight excluding hydrogens is 429 g/mol. The number of amides is 2. The van der Waals surface area contributed by atoms with Crippen LogP contribution in [-0.2, 0) is 20.9 Å². The zero-order chi connectivity index (χ0) is 20.3. The number of imide groups is 1. The Kier molecular flexibility index (Phi) is 6.44. The molecule has 0 radical (unpaired) electrons. The minimum Gasteiger partial charge on any atom is -0.444 e. The summed E-state index contributed by atoms with van der Waals surface area (Å²) < 4.78 is 10.4. The number of carbonyl (C=O) groups is 3. The van der Waals surface area contributed by atoms with Gasteiger partial charge in [-0.05, 0) is 24.1 Å². The minimum absolute atomic E-state index is 0.0157. The van der Waals surface area contributed by atoms with E-state index in [1.54, 1.807) is 24.3 Å². The Hall–Kier alpha value is -2.28. The standard InChI is InChI=1S/C19H14Cl3NO5/c20-12-6-8-14(17(22)16(12)21)28-18(25)13-7-9-15(24)23(13)19(26)27-10-11-4-2-1-3-5-11/h1-6,8,13H,7,9-10H2/t13-/m0/s1. The summed E-state index contributed by atoms with van der Waals surface area (Å²) in [5.41, 5.74) is 0.754. The first-order valence-corrected chi connectivity index (χ1v) is 9.40. The lowest BCUT2D eigenvalue weighted by Crippen LogP contribution is -2.44. The third-order valence-corrected chi connectivity index (χ3v) is 5.37. The molecule has 0 aliphatic carbocycles. The van der Waals surface area contributed by atoms with Gasteiger partial charge in [0.1, 0.15) is 17.7 Å². The largest absolute Gasteiger partial charge is 0.444 e. The molecule has 1 aliphatic heterocycles. The number of ether oxygens (including phenoxy) is 2. The van der Waals surface area contributed by atoms with Gasteiger partial charge in [0.15, 0.2) is 5.75 Å². The number of rotatable bonds is 4. The molecule has 2 amide bonds. The Morgan fingerprint density at radius 1 is 1.04 bits per heavy atom. The molecule has 9 heteroatoms. The summed E-state index contributed by atoms with van der Waals surface area (Å²) in [5.74, 6) is -1.35. The van der Waals surface area contributed by atoms with Gasteiger partial charge in [0.2, 0.25) is 5.91 Å². The highest BCUT2D eigenvalue weighted by atomic mass is 35.5. The lowest BCUT2D eigenvalue weighted by molar-refractivity contribution is -0.142. The Bertz CT molecular complexity index is 919. The summed E-state index contributed by atoms with van der Waals surface area (Å²) in [7, 11) is 0. The van der Waals surface area contributed by atoms with E-state index in [1.165, 1.54) is 12.1 Å². The molecule has 1 aliphatic rings. The van der Waals surface area contributed by atoms with Crippen LogP contribution in [0.15, 0.2) is 42.5 Å². The maximum absolute atomic E-state index is 12.5. The first kappa shape index (κ1) is 20.5. The second kappa shape index (κ2) is 8.82. The molecule has 2 aromatic carbocycles. The van der Waals surface area contributed by atoms with Crippen LogP contribution in [0.1, 0.15) is 18.4 Å². The van der Waals surface area contributed by atoms with Crippen LogP contribution in [0.5, 0.6) is 5.75 Å². The molecule has 0 aromatic heterocycles. The van der Waals surface area contributed by atoms with Crippen LogP contribution in [0.25, 0.3) is 0 Å². The summed E-state index contributed by atoms with van der Waals surface area (Å²) in [6.45, 7) is -0.0240. The van der Waals surface area contributed by atoms with E-state index in [0.29, 0.717) is 0 Å². The highest BCUT2D eigenvalue weighted by molar-refractivity contribution is 6.48. The van der Waals surface area contributed by atoms with Gasteiger partial charge in [-0.15, -0.1) is 0 Å². The van der Waals surface area contributed by atoms with Crippen LogP contribution >= 0.6 is 34.8 Å². The van der Waals surface area contributed by atoms with E-state index in [2.05, 4.69) is 0 Å². The Labute approximate surface area is 175 Å². The van der Waals surface area contributed by atoms with Gasteiger partial charge in [-0.2, -0.15) is 0 Å². The van der Waals surface area contributed by atoms with Crippen molar-refractivity contribution < 1.29 is 23.9 Å². The van der Waals surface area contributed by atoms with E-state index in [4.69, 9.17) is 44.3 Å². The molecule has 0 unspecified atom stereocenters. The van der Waals surface area contributed by atoms with Crippen molar-refractivity contribution in [1.29, 1.82) is 0 Å². The molecule has 28 heavy (non-hydrogen) atoms. The normalized spacial score (nSPS) is 16.2. The second-order valence-corrected chi connectivity index (χ2v) is 7.12. The van der Waals surface area contributed by atoms with Crippen LogP contribution in [0.3, 0.4) is 0 Å². The summed E-state index contributed by atoms with van der Waals surface area (Å²) in [5, 5.41) is 0.203. The summed E-state index contributed by atoms with van der Waals surface area (Å²) in [4.78, 5) is 37.8. The molecule has 1 fully saturated rings. The molecule has 1 heterocycles. The van der Waals surface area contributed by atoms with Crippen LogP contribution in [0.4, 0.5) is 4.79 Å². The predicted octanol–water partition coefficient (Wildman–Crippen LogP) is 4.88. The lowest BCUT2D eigenvalue weighted by atomic mass is 10.2. The Morgan fingerprint density at radius 2 is 1.75 bits per heavy atom. The maximum Gasteiger partial charge on any atom is 0.417 e. The molecule has 0 bridgehead atoms. The molecular formula is C19H14Cl3NO5. The number of benzene rings is 2. The SMILES string of the molecule is O=C(Oc1ccc(Cl)c(Cl)c1Cl)[C@@H]1CCC(=O)N1C(=O)OCc1ccccc1. The van der Waals surface area contributed by atoms with Crippen LogP contribution < -0.4 is 4.74 Å². The zero-order valence-electron chi connectivity index (χ0n) is 14.4. The van der Waals surface area contributed by atoms with Gasteiger partial charge in [-0.25, -0.2) is 14.5 Å². The van der Waals surface area contributed by atoms with Crippen molar-refractivity contribution in [3.63, 3.8) is 0 Å². The third kappa shape index (κ3) is 4.41. The van der Waals surface area contributed by atoms with Gasteiger partial charge in [0, 0.05) is 6.42 Å². The number of halogens is 3. The second-order valence-electron chi connectivity index (χ2n) is 5.95. The molecule has 0 spiro atoms. The number of esters is 1. The first-order valence-electron chi connectivity index (χ1n) is 8.26. The van der Waals surface area contributed by atoms with E-state index in [1.807, 2.05) is 6.07 Å². The quantitative estimate of drug-likeness (QED) is 0.383. The van der Waals surface area contributed by atoms with Crippen molar-refractivity contribution in [1.82, 2.24) is 4.90 Å². The zero-order valence-corrected chi connectivity index (χ0v) is 16.6. The molecule has 146 valence electrons. The molecule has 1 atom stereocenters. The molecule has 1 saturated heterocycles. The molecule has 0 saturated carbocycles. The lowest BCUT2D eigenvalue weighted by Gasteiger charge is -2.21. The first-order chi connectivity index (χ1) is 13.4. The van der Waals surface area contributed by atoms with Crippen molar-refractivity contribution in [2.24, 2.45) is 0 Å². The summed E-state index contributed by atoms with van der Waals surface area (Å²) in [6.07, 6.45) is -0.764. The van der Waals surface area contributed by atoms with Gasteiger partial charge >= 0.3 is 12.1 Å². The van der Waals surface area contributed by atoms with Gasteiger partial charge in [-0.3, -0.25) is 4.79 Å². The fourth-order valence-electron chi connectivity index (χ4n) is 2.69. The van der Waals surface area contributed by atoms with Crippen LogP contribution in [0.2, 0.25) is 15.1 Å². The Morgan fingerprint density at radius 3 is 2.46 bits per heavy atom. The molecule has 6 nitrogen and oxygen atoms in total. The van der Waals surface area contributed by atoms with E-state index >= 15 is 0 Å². The number of nitrogens with zero attached hydrogens (tertiary/aromatic N) is 1.